The molecule has 2 heterocycles. The lowest BCUT2D eigenvalue weighted by molar-refractivity contribution is -0.132. The van der Waals surface area contributed by atoms with Gasteiger partial charge in [-0.05, 0) is 43.0 Å². The Bertz CT molecular complexity index is 852. The molecule has 0 radical (unpaired) electrons. The van der Waals surface area contributed by atoms with Gasteiger partial charge in [-0.2, -0.15) is 0 Å². The molecular weight excluding hydrogens is 356 g/mol. The lowest BCUT2D eigenvalue weighted by atomic mass is 9.97. The molecule has 1 saturated heterocycles. The summed E-state index contributed by atoms with van der Waals surface area (Å²) in [6.07, 6.45) is 3.31. The normalized spacial score (nSPS) is 15.2. The molecule has 0 unspecified atom stereocenters. The topological polar surface area (TPSA) is 42.4 Å². The fourth-order valence-corrected chi connectivity index (χ4v) is 4.45. The SMILES string of the molecule is O=C(CCc1nc2ccccc2s1)N1CCC(COc2ccccc2)CC1. The minimum atomic E-state index is 0.247. The number of carbonyl (C=O) groups excluding carboxylic acids is 1. The average molecular weight is 381 g/mol. The van der Waals surface area contributed by atoms with Crippen LogP contribution in [0.2, 0.25) is 0 Å². The second-order valence-electron chi connectivity index (χ2n) is 7.02. The van der Waals surface area contributed by atoms with E-state index in [0.717, 1.165) is 55.2 Å². The lowest BCUT2D eigenvalue weighted by Gasteiger charge is -2.32. The maximum atomic E-state index is 12.5. The van der Waals surface area contributed by atoms with E-state index in [1.54, 1.807) is 11.3 Å². The van der Waals surface area contributed by atoms with Crippen LogP contribution in [0.1, 0.15) is 24.3 Å². The summed E-state index contributed by atoms with van der Waals surface area (Å²) in [6, 6.07) is 18.1. The van der Waals surface area contributed by atoms with Crippen molar-refractivity contribution < 1.29 is 9.53 Å². The van der Waals surface area contributed by atoms with Crippen LogP contribution in [0.3, 0.4) is 0 Å². The van der Waals surface area contributed by atoms with Crippen molar-refractivity contribution in [3.05, 3.63) is 59.6 Å². The van der Waals surface area contributed by atoms with E-state index in [1.165, 1.54) is 4.70 Å². The summed E-state index contributed by atoms with van der Waals surface area (Å²) in [5.74, 6) is 1.70. The first-order chi connectivity index (χ1) is 13.3. The van der Waals surface area contributed by atoms with Gasteiger partial charge in [0.1, 0.15) is 5.75 Å². The molecule has 2 aromatic carbocycles. The zero-order valence-electron chi connectivity index (χ0n) is 15.3. The molecule has 4 rings (SSSR count). The Hall–Kier alpha value is -2.40. The van der Waals surface area contributed by atoms with Crippen LogP contribution in [-0.2, 0) is 11.2 Å². The summed E-state index contributed by atoms with van der Waals surface area (Å²) in [7, 11) is 0. The standard InChI is InChI=1S/C22H24N2O2S/c25-22(11-10-21-23-19-8-4-5-9-20(19)27-21)24-14-12-17(13-15-24)16-26-18-6-2-1-3-7-18/h1-9,17H,10-16H2. The highest BCUT2D eigenvalue weighted by atomic mass is 32.1. The molecule has 0 atom stereocenters. The Morgan fingerprint density at radius 1 is 1.07 bits per heavy atom. The van der Waals surface area contributed by atoms with E-state index in [9.17, 15) is 4.79 Å². The van der Waals surface area contributed by atoms with Gasteiger partial charge in [0.05, 0.1) is 21.8 Å². The Kier molecular flexibility index (Phi) is 5.68. The quantitative estimate of drug-likeness (QED) is 0.630. The number of likely N-dealkylation sites (tertiary alicyclic amines) is 1. The fourth-order valence-electron chi connectivity index (χ4n) is 3.48. The highest BCUT2D eigenvalue weighted by molar-refractivity contribution is 7.18. The number of fused-ring (bicyclic) bond motifs is 1. The Labute approximate surface area is 163 Å². The zero-order valence-corrected chi connectivity index (χ0v) is 16.2. The van der Waals surface area contributed by atoms with Crippen molar-refractivity contribution >= 4 is 27.5 Å². The van der Waals surface area contributed by atoms with Crippen LogP contribution in [0.5, 0.6) is 5.75 Å². The van der Waals surface area contributed by atoms with E-state index in [4.69, 9.17) is 4.74 Å². The van der Waals surface area contributed by atoms with Gasteiger partial charge in [0.25, 0.3) is 0 Å². The highest BCUT2D eigenvalue weighted by Gasteiger charge is 2.23. The van der Waals surface area contributed by atoms with Gasteiger partial charge >= 0.3 is 0 Å². The molecule has 3 aromatic rings. The van der Waals surface area contributed by atoms with Crippen molar-refractivity contribution in [2.24, 2.45) is 5.92 Å². The van der Waals surface area contributed by atoms with Crippen LogP contribution in [-0.4, -0.2) is 35.5 Å². The minimum Gasteiger partial charge on any atom is -0.493 e. The summed E-state index contributed by atoms with van der Waals surface area (Å²) < 4.78 is 7.06. The second-order valence-corrected chi connectivity index (χ2v) is 8.14. The largest absolute Gasteiger partial charge is 0.493 e. The smallest absolute Gasteiger partial charge is 0.222 e. The number of ether oxygens (including phenoxy) is 1. The van der Waals surface area contributed by atoms with E-state index in [0.29, 0.717) is 12.3 Å². The van der Waals surface area contributed by atoms with Gasteiger partial charge in [-0.3, -0.25) is 4.79 Å². The van der Waals surface area contributed by atoms with Crippen LogP contribution in [0.15, 0.2) is 54.6 Å². The monoisotopic (exact) mass is 380 g/mol. The number of hydrogen-bond donors (Lipinski definition) is 0. The van der Waals surface area contributed by atoms with E-state index in [-0.39, 0.29) is 5.91 Å². The van der Waals surface area contributed by atoms with E-state index in [1.807, 2.05) is 53.4 Å². The maximum absolute atomic E-state index is 12.5. The van der Waals surface area contributed by atoms with Crippen molar-refractivity contribution in [3.63, 3.8) is 0 Å². The third-order valence-electron chi connectivity index (χ3n) is 5.09. The van der Waals surface area contributed by atoms with Crippen molar-refractivity contribution in [1.29, 1.82) is 0 Å². The first-order valence-electron chi connectivity index (χ1n) is 9.58. The number of hydrogen-bond acceptors (Lipinski definition) is 4. The molecule has 5 heteroatoms. The molecule has 0 aliphatic carbocycles. The van der Waals surface area contributed by atoms with Crippen molar-refractivity contribution in [2.75, 3.05) is 19.7 Å². The predicted octanol–water partition coefficient (Wildman–Crippen LogP) is 4.55. The molecule has 1 aliphatic rings. The third-order valence-corrected chi connectivity index (χ3v) is 6.18. The van der Waals surface area contributed by atoms with Gasteiger partial charge in [0, 0.05) is 25.9 Å². The number of benzene rings is 2. The Morgan fingerprint density at radius 2 is 1.81 bits per heavy atom. The van der Waals surface area contributed by atoms with E-state index in [2.05, 4.69) is 11.1 Å². The molecule has 4 nitrogen and oxygen atoms in total. The maximum Gasteiger partial charge on any atom is 0.222 e. The summed E-state index contributed by atoms with van der Waals surface area (Å²) in [6.45, 7) is 2.40. The first-order valence-corrected chi connectivity index (χ1v) is 10.4. The number of aromatic nitrogens is 1. The summed E-state index contributed by atoms with van der Waals surface area (Å²) in [4.78, 5) is 19.2. The summed E-state index contributed by atoms with van der Waals surface area (Å²) >= 11 is 1.69. The number of rotatable bonds is 6. The van der Waals surface area contributed by atoms with Gasteiger partial charge in [0.15, 0.2) is 0 Å². The van der Waals surface area contributed by atoms with Gasteiger partial charge < -0.3 is 9.64 Å². The van der Waals surface area contributed by atoms with Gasteiger partial charge in [-0.25, -0.2) is 4.98 Å². The molecule has 1 amide bonds. The van der Waals surface area contributed by atoms with E-state index < -0.39 is 0 Å². The second kappa shape index (κ2) is 8.53. The number of piperidine rings is 1. The molecule has 27 heavy (non-hydrogen) atoms. The molecular formula is C22H24N2O2S. The Morgan fingerprint density at radius 3 is 2.59 bits per heavy atom. The predicted molar refractivity (Wildman–Crippen MR) is 109 cm³/mol. The number of carbonyl (C=O) groups is 1. The van der Waals surface area contributed by atoms with Gasteiger partial charge in [-0.15, -0.1) is 11.3 Å². The third kappa shape index (κ3) is 4.66. The zero-order chi connectivity index (χ0) is 18.5. The molecule has 1 aromatic heterocycles. The first kappa shape index (κ1) is 18.0. The Balaban J connectivity index is 1.21. The average Bonchev–Trinajstić information content (AvgIpc) is 3.15. The summed E-state index contributed by atoms with van der Waals surface area (Å²) in [5.41, 5.74) is 1.03. The van der Waals surface area contributed by atoms with Gasteiger partial charge in [-0.1, -0.05) is 30.3 Å². The molecule has 0 N–H and O–H groups in total. The highest BCUT2D eigenvalue weighted by Crippen LogP contribution is 2.24. The fraction of sp³-hybridized carbons (Fsp3) is 0.364. The van der Waals surface area contributed by atoms with Crippen LogP contribution in [0.4, 0.5) is 0 Å². The van der Waals surface area contributed by atoms with Crippen molar-refractivity contribution in [2.45, 2.75) is 25.7 Å². The number of thiazole rings is 1. The number of aryl methyl sites for hydroxylation is 1. The lowest BCUT2D eigenvalue weighted by Crippen LogP contribution is -2.39. The molecule has 0 spiro atoms. The number of para-hydroxylation sites is 2. The number of amides is 1. The molecule has 0 bridgehead atoms. The van der Waals surface area contributed by atoms with Gasteiger partial charge in [0.2, 0.25) is 5.91 Å². The van der Waals surface area contributed by atoms with E-state index >= 15 is 0 Å². The molecule has 1 aliphatic heterocycles. The minimum absolute atomic E-state index is 0.247. The molecule has 140 valence electrons. The van der Waals surface area contributed by atoms with Crippen LogP contribution in [0.25, 0.3) is 10.2 Å². The van der Waals surface area contributed by atoms with Crippen molar-refractivity contribution in [3.8, 4) is 5.75 Å². The van der Waals surface area contributed by atoms with Crippen LogP contribution < -0.4 is 4.74 Å². The molecule has 0 saturated carbocycles. The van der Waals surface area contributed by atoms with Crippen LogP contribution in [0, 0.1) is 5.92 Å². The summed E-state index contributed by atoms with van der Waals surface area (Å²) in [5, 5.41) is 1.05. The molecule has 1 fully saturated rings. The van der Waals surface area contributed by atoms with Crippen molar-refractivity contribution in [1.82, 2.24) is 9.88 Å². The van der Waals surface area contributed by atoms with Crippen LogP contribution >= 0.6 is 11.3 Å². The number of nitrogens with zero attached hydrogens (tertiary/aromatic N) is 2.